The van der Waals surface area contributed by atoms with Crippen molar-refractivity contribution in [3.8, 4) is 0 Å². The summed E-state index contributed by atoms with van der Waals surface area (Å²) in [5.41, 5.74) is 6.07. The molecule has 2 aliphatic rings. The molecule has 1 saturated carbocycles. The first-order valence-electron chi connectivity index (χ1n) is 7.30. The third-order valence-electron chi connectivity index (χ3n) is 4.63. The second-order valence-corrected chi connectivity index (χ2v) is 6.24. The molecule has 5 heteroatoms. The normalized spacial score (nSPS) is 38.9. The third kappa shape index (κ3) is 3.47. The van der Waals surface area contributed by atoms with Gasteiger partial charge in [0.25, 0.3) is 0 Å². The van der Waals surface area contributed by atoms with Crippen LogP contribution in [0.2, 0.25) is 0 Å². The second kappa shape index (κ2) is 5.90. The van der Waals surface area contributed by atoms with Gasteiger partial charge in [-0.3, -0.25) is 9.59 Å². The molecule has 5 nitrogen and oxygen atoms in total. The predicted octanol–water partition coefficient (Wildman–Crippen LogP) is 0.391. The van der Waals surface area contributed by atoms with Crippen molar-refractivity contribution < 1.29 is 9.59 Å². The van der Waals surface area contributed by atoms with Crippen LogP contribution in [0.3, 0.4) is 0 Å². The van der Waals surface area contributed by atoms with Gasteiger partial charge < -0.3 is 16.4 Å². The van der Waals surface area contributed by atoms with Crippen LogP contribution < -0.4 is 16.4 Å². The zero-order valence-corrected chi connectivity index (χ0v) is 11.8. The highest BCUT2D eigenvalue weighted by Crippen LogP contribution is 2.32. The van der Waals surface area contributed by atoms with E-state index in [9.17, 15) is 9.59 Å². The molecule has 5 unspecified atom stereocenters. The molecule has 19 heavy (non-hydrogen) atoms. The smallest absolute Gasteiger partial charge is 0.223 e. The SMILES string of the molecule is CC1CC(C)C(C(=O)NCC2CCC(=O)N2)CC1N. The zero-order chi connectivity index (χ0) is 14.0. The van der Waals surface area contributed by atoms with Gasteiger partial charge in [0.1, 0.15) is 0 Å². The quantitative estimate of drug-likeness (QED) is 0.691. The first-order chi connectivity index (χ1) is 8.97. The van der Waals surface area contributed by atoms with Crippen molar-refractivity contribution in [2.75, 3.05) is 6.54 Å². The summed E-state index contributed by atoms with van der Waals surface area (Å²) in [6, 6.07) is 0.223. The number of amides is 2. The second-order valence-electron chi connectivity index (χ2n) is 6.24. The number of nitrogens with two attached hydrogens (primary N) is 1. The van der Waals surface area contributed by atoms with E-state index in [1.165, 1.54) is 0 Å². The summed E-state index contributed by atoms with van der Waals surface area (Å²) >= 11 is 0. The average molecular weight is 267 g/mol. The Morgan fingerprint density at radius 2 is 2.11 bits per heavy atom. The fourth-order valence-electron chi connectivity index (χ4n) is 3.23. The fraction of sp³-hybridized carbons (Fsp3) is 0.857. The Balaban J connectivity index is 1.80. The van der Waals surface area contributed by atoms with Crippen molar-refractivity contribution in [1.82, 2.24) is 10.6 Å². The summed E-state index contributed by atoms with van der Waals surface area (Å²) < 4.78 is 0. The third-order valence-corrected chi connectivity index (χ3v) is 4.63. The van der Waals surface area contributed by atoms with E-state index >= 15 is 0 Å². The predicted molar refractivity (Wildman–Crippen MR) is 73.2 cm³/mol. The van der Waals surface area contributed by atoms with Gasteiger partial charge in [-0.05, 0) is 31.1 Å². The van der Waals surface area contributed by atoms with Crippen molar-refractivity contribution in [2.24, 2.45) is 23.5 Å². The van der Waals surface area contributed by atoms with E-state index in [-0.39, 0.29) is 29.8 Å². The molecular formula is C14H25N3O2. The zero-order valence-electron chi connectivity index (χ0n) is 11.8. The highest BCUT2D eigenvalue weighted by Gasteiger charge is 2.35. The van der Waals surface area contributed by atoms with Crippen molar-refractivity contribution in [3.63, 3.8) is 0 Å². The lowest BCUT2D eigenvalue weighted by molar-refractivity contribution is -0.128. The summed E-state index contributed by atoms with van der Waals surface area (Å²) in [7, 11) is 0. The standard InChI is InChI=1S/C14H25N3O2/c1-8-5-9(2)12(15)6-11(8)14(19)16-7-10-3-4-13(18)17-10/h8-12H,3-7,15H2,1-2H3,(H,16,19)(H,17,18). The van der Waals surface area contributed by atoms with Gasteiger partial charge in [-0.2, -0.15) is 0 Å². The molecule has 0 aromatic rings. The van der Waals surface area contributed by atoms with Crippen LogP contribution in [0.1, 0.15) is 39.5 Å². The number of rotatable bonds is 3. The van der Waals surface area contributed by atoms with E-state index in [1.807, 2.05) is 0 Å². The first-order valence-corrected chi connectivity index (χ1v) is 7.30. The summed E-state index contributed by atoms with van der Waals surface area (Å²) in [5.74, 6) is 1.07. The lowest BCUT2D eigenvalue weighted by Crippen LogP contribution is -2.47. The van der Waals surface area contributed by atoms with Gasteiger partial charge in [0.05, 0.1) is 0 Å². The van der Waals surface area contributed by atoms with E-state index < -0.39 is 0 Å². The summed E-state index contributed by atoms with van der Waals surface area (Å²) in [5, 5.41) is 5.83. The Morgan fingerprint density at radius 1 is 1.37 bits per heavy atom. The molecular weight excluding hydrogens is 242 g/mol. The molecule has 1 saturated heterocycles. The number of hydrogen-bond acceptors (Lipinski definition) is 3. The Hall–Kier alpha value is -1.10. The van der Waals surface area contributed by atoms with Crippen LogP contribution >= 0.6 is 0 Å². The Kier molecular flexibility index (Phi) is 4.45. The molecule has 2 fully saturated rings. The first kappa shape index (κ1) is 14.3. The van der Waals surface area contributed by atoms with Crippen molar-refractivity contribution in [3.05, 3.63) is 0 Å². The van der Waals surface area contributed by atoms with Crippen molar-refractivity contribution in [2.45, 2.75) is 51.6 Å². The molecule has 0 aromatic carbocycles. The molecule has 4 N–H and O–H groups in total. The number of nitrogens with one attached hydrogen (secondary N) is 2. The molecule has 0 radical (unpaired) electrons. The molecule has 0 aromatic heterocycles. The molecule has 1 aliphatic carbocycles. The summed E-state index contributed by atoms with van der Waals surface area (Å²) in [6.07, 6.45) is 3.17. The highest BCUT2D eigenvalue weighted by atomic mass is 16.2. The Bertz CT molecular complexity index is 359. The van der Waals surface area contributed by atoms with Crippen LogP contribution in [-0.4, -0.2) is 30.4 Å². The van der Waals surface area contributed by atoms with E-state index in [1.54, 1.807) is 0 Å². The number of carbonyl (C=O) groups excluding carboxylic acids is 2. The van der Waals surface area contributed by atoms with Gasteiger partial charge in [0.2, 0.25) is 11.8 Å². The van der Waals surface area contributed by atoms with Gasteiger partial charge in [-0.1, -0.05) is 13.8 Å². The van der Waals surface area contributed by atoms with E-state index in [2.05, 4.69) is 24.5 Å². The van der Waals surface area contributed by atoms with Gasteiger partial charge in [-0.25, -0.2) is 0 Å². The van der Waals surface area contributed by atoms with E-state index in [4.69, 9.17) is 5.73 Å². The Labute approximate surface area is 114 Å². The lowest BCUT2D eigenvalue weighted by Gasteiger charge is -2.36. The van der Waals surface area contributed by atoms with Gasteiger partial charge in [0.15, 0.2) is 0 Å². The molecule has 2 rings (SSSR count). The van der Waals surface area contributed by atoms with Crippen LogP contribution in [0.4, 0.5) is 0 Å². The van der Waals surface area contributed by atoms with Crippen LogP contribution in [0.25, 0.3) is 0 Å². The molecule has 5 atom stereocenters. The maximum absolute atomic E-state index is 12.2. The highest BCUT2D eigenvalue weighted by molar-refractivity contribution is 5.80. The molecule has 0 bridgehead atoms. The molecule has 1 aliphatic heterocycles. The molecule has 108 valence electrons. The number of carbonyl (C=O) groups is 2. The van der Waals surface area contributed by atoms with E-state index in [0.29, 0.717) is 24.8 Å². The molecule has 0 spiro atoms. The maximum atomic E-state index is 12.2. The molecule has 1 heterocycles. The minimum absolute atomic E-state index is 0.0169. The summed E-state index contributed by atoms with van der Waals surface area (Å²) in [6.45, 7) is 4.83. The van der Waals surface area contributed by atoms with Gasteiger partial charge in [-0.15, -0.1) is 0 Å². The maximum Gasteiger partial charge on any atom is 0.223 e. The average Bonchev–Trinajstić information content (AvgIpc) is 2.77. The molecule has 2 amide bonds. The minimum Gasteiger partial charge on any atom is -0.354 e. The monoisotopic (exact) mass is 267 g/mol. The van der Waals surface area contributed by atoms with Gasteiger partial charge in [0, 0.05) is 31.0 Å². The summed E-state index contributed by atoms with van der Waals surface area (Å²) in [4.78, 5) is 23.3. The fourth-order valence-corrected chi connectivity index (χ4v) is 3.23. The van der Waals surface area contributed by atoms with Crippen molar-refractivity contribution >= 4 is 11.8 Å². The van der Waals surface area contributed by atoms with E-state index in [0.717, 1.165) is 19.3 Å². The van der Waals surface area contributed by atoms with Crippen LogP contribution in [-0.2, 0) is 9.59 Å². The lowest BCUT2D eigenvalue weighted by atomic mass is 9.72. The Morgan fingerprint density at radius 3 is 2.74 bits per heavy atom. The van der Waals surface area contributed by atoms with Crippen LogP contribution in [0, 0.1) is 17.8 Å². The van der Waals surface area contributed by atoms with Gasteiger partial charge >= 0.3 is 0 Å². The largest absolute Gasteiger partial charge is 0.354 e. The van der Waals surface area contributed by atoms with Crippen molar-refractivity contribution in [1.29, 1.82) is 0 Å². The van der Waals surface area contributed by atoms with Crippen LogP contribution in [0.5, 0.6) is 0 Å². The van der Waals surface area contributed by atoms with Crippen LogP contribution in [0.15, 0.2) is 0 Å². The topological polar surface area (TPSA) is 84.2 Å². The number of hydrogen-bond donors (Lipinski definition) is 3. The minimum atomic E-state index is 0.0169.